The molecule has 0 bridgehead atoms. The Bertz CT molecular complexity index is 236. The Morgan fingerprint density at radius 2 is 2.00 bits per heavy atom. The Kier molecular flexibility index (Phi) is 3.08. The Labute approximate surface area is 94.5 Å². The van der Waals surface area contributed by atoms with E-state index in [1.54, 1.807) is 0 Å². The summed E-state index contributed by atoms with van der Waals surface area (Å²) >= 11 is 0. The lowest BCUT2D eigenvalue weighted by molar-refractivity contribution is 0.128. The number of allylic oxidation sites excluding steroid dienone is 1. The SMILES string of the molecule is C=C(C)N1CCC2(CCC(CC)C2)CC1. The van der Waals surface area contributed by atoms with Crippen molar-refractivity contribution in [3.63, 3.8) is 0 Å². The number of nitrogens with zero attached hydrogens (tertiary/aromatic N) is 1. The topological polar surface area (TPSA) is 3.24 Å². The van der Waals surface area contributed by atoms with Gasteiger partial charge in [0.25, 0.3) is 0 Å². The lowest BCUT2D eigenvalue weighted by atomic mass is 9.76. The zero-order chi connectivity index (χ0) is 10.9. The van der Waals surface area contributed by atoms with E-state index in [4.69, 9.17) is 0 Å². The summed E-state index contributed by atoms with van der Waals surface area (Å²) in [6, 6.07) is 0. The van der Waals surface area contributed by atoms with Crippen molar-refractivity contribution in [3.8, 4) is 0 Å². The third kappa shape index (κ3) is 2.21. The summed E-state index contributed by atoms with van der Waals surface area (Å²) in [4.78, 5) is 2.46. The summed E-state index contributed by atoms with van der Waals surface area (Å²) in [5.41, 5.74) is 1.99. The molecule has 1 nitrogen and oxygen atoms in total. The molecule has 0 N–H and O–H groups in total. The third-order valence-corrected chi connectivity index (χ3v) is 4.75. The number of hydrogen-bond donors (Lipinski definition) is 0. The lowest BCUT2D eigenvalue weighted by Gasteiger charge is -2.41. The maximum absolute atomic E-state index is 4.05. The zero-order valence-corrected chi connectivity index (χ0v) is 10.4. The highest BCUT2D eigenvalue weighted by atomic mass is 15.1. The van der Waals surface area contributed by atoms with Crippen LogP contribution in [-0.2, 0) is 0 Å². The van der Waals surface area contributed by atoms with Gasteiger partial charge in [0.05, 0.1) is 0 Å². The van der Waals surface area contributed by atoms with E-state index in [0.29, 0.717) is 0 Å². The van der Waals surface area contributed by atoms with Gasteiger partial charge in [-0.2, -0.15) is 0 Å². The van der Waals surface area contributed by atoms with Gasteiger partial charge < -0.3 is 4.90 Å². The van der Waals surface area contributed by atoms with Crippen LogP contribution in [0.3, 0.4) is 0 Å². The lowest BCUT2D eigenvalue weighted by Crippen LogP contribution is -2.37. The first kappa shape index (κ1) is 11.0. The van der Waals surface area contributed by atoms with Gasteiger partial charge in [0.2, 0.25) is 0 Å². The maximum atomic E-state index is 4.05. The molecule has 15 heavy (non-hydrogen) atoms. The van der Waals surface area contributed by atoms with Gasteiger partial charge in [-0.15, -0.1) is 0 Å². The van der Waals surface area contributed by atoms with Crippen LogP contribution in [0.1, 0.15) is 52.4 Å². The average molecular weight is 207 g/mol. The second-order valence-electron chi connectivity index (χ2n) is 5.74. The number of hydrogen-bond acceptors (Lipinski definition) is 1. The monoisotopic (exact) mass is 207 g/mol. The molecule has 1 heterocycles. The van der Waals surface area contributed by atoms with E-state index in [2.05, 4.69) is 25.3 Å². The van der Waals surface area contributed by atoms with Gasteiger partial charge in [-0.25, -0.2) is 0 Å². The van der Waals surface area contributed by atoms with Crippen LogP contribution in [0, 0.1) is 11.3 Å². The molecule has 0 aromatic rings. The highest BCUT2D eigenvalue weighted by Crippen LogP contribution is 2.49. The average Bonchev–Trinajstić information content (AvgIpc) is 2.62. The number of rotatable bonds is 2. The van der Waals surface area contributed by atoms with Crippen LogP contribution in [0.15, 0.2) is 12.3 Å². The second kappa shape index (κ2) is 4.19. The standard InChI is InChI=1S/C14H25N/c1-4-13-5-6-14(11-13)7-9-15(10-8-14)12(2)3/h13H,2,4-11H2,1,3H3. The smallest absolute Gasteiger partial charge is 0.0180 e. The zero-order valence-electron chi connectivity index (χ0n) is 10.4. The summed E-state index contributed by atoms with van der Waals surface area (Å²) in [6.07, 6.45) is 8.71. The van der Waals surface area contributed by atoms with Crippen molar-refractivity contribution in [3.05, 3.63) is 12.3 Å². The largest absolute Gasteiger partial charge is 0.375 e. The third-order valence-electron chi connectivity index (χ3n) is 4.75. The van der Waals surface area contributed by atoms with Crippen LogP contribution in [0.5, 0.6) is 0 Å². The fraction of sp³-hybridized carbons (Fsp3) is 0.857. The molecule has 0 amide bonds. The van der Waals surface area contributed by atoms with Gasteiger partial charge in [-0.05, 0) is 50.4 Å². The Hall–Kier alpha value is -0.460. The minimum absolute atomic E-state index is 0.729. The van der Waals surface area contributed by atoms with Crippen LogP contribution >= 0.6 is 0 Å². The Balaban J connectivity index is 1.90. The Morgan fingerprint density at radius 3 is 2.47 bits per heavy atom. The van der Waals surface area contributed by atoms with Gasteiger partial charge in [-0.1, -0.05) is 19.9 Å². The van der Waals surface area contributed by atoms with Crippen molar-refractivity contribution in [2.45, 2.75) is 52.4 Å². The van der Waals surface area contributed by atoms with E-state index < -0.39 is 0 Å². The summed E-state index contributed by atoms with van der Waals surface area (Å²) in [5, 5.41) is 0. The number of piperidine rings is 1. The minimum atomic E-state index is 0.729. The minimum Gasteiger partial charge on any atom is -0.375 e. The predicted octanol–water partition coefficient (Wildman–Crippen LogP) is 3.81. The summed E-state index contributed by atoms with van der Waals surface area (Å²) in [6.45, 7) is 11.1. The molecule has 1 unspecified atom stereocenters. The molecule has 2 aliphatic rings. The molecule has 0 aromatic carbocycles. The molecule has 2 rings (SSSR count). The molecule has 1 aliphatic carbocycles. The van der Waals surface area contributed by atoms with Crippen molar-refractivity contribution in [1.29, 1.82) is 0 Å². The van der Waals surface area contributed by atoms with Crippen molar-refractivity contribution in [1.82, 2.24) is 4.90 Å². The first-order chi connectivity index (χ1) is 7.15. The molecule has 0 radical (unpaired) electrons. The maximum Gasteiger partial charge on any atom is 0.0180 e. The first-order valence-corrected chi connectivity index (χ1v) is 6.56. The fourth-order valence-electron chi connectivity index (χ4n) is 3.49. The van der Waals surface area contributed by atoms with Gasteiger partial charge in [0.1, 0.15) is 0 Å². The van der Waals surface area contributed by atoms with Gasteiger partial charge in [-0.3, -0.25) is 0 Å². The van der Waals surface area contributed by atoms with Crippen LogP contribution in [0.4, 0.5) is 0 Å². The second-order valence-corrected chi connectivity index (χ2v) is 5.74. The summed E-state index contributed by atoms with van der Waals surface area (Å²) in [7, 11) is 0. The molecule has 0 aromatic heterocycles. The Morgan fingerprint density at radius 1 is 1.33 bits per heavy atom. The molecule has 1 saturated heterocycles. The normalized spacial score (nSPS) is 29.7. The van der Waals surface area contributed by atoms with E-state index >= 15 is 0 Å². The van der Waals surface area contributed by atoms with Crippen molar-refractivity contribution in [2.75, 3.05) is 13.1 Å². The molecule has 2 fully saturated rings. The van der Waals surface area contributed by atoms with Gasteiger partial charge >= 0.3 is 0 Å². The molecule has 1 atom stereocenters. The highest BCUT2D eigenvalue weighted by molar-refractivity contribution is 4.98. The molecule has 1 spiro atoms. The summed E-state index contributed by atoms with van der Waals surface area (Å²) < 4.78 is 0. The molecule has 1 heteroatoms. The van der Waals surface area contributed by atoms with Crippen LogP contribution in [0.25, 0.3) is 0 Å². The van der Waals surface area contributed by atoms with Gasteiger partial charge in [0, 0.05) is 18.8 Å². The molecule has 1 aliphatic heterocycles. The van der Waals surface area contributed by atoms with Crippen LogP contribution in [-0.4, -0.2) is 18.0 Å². The van der Waals surface area contributed by atoms with E-state index in [9.17, 15) is 0 Å². The van der Waals surface area contributed by atoms with E-state index in [-0.39, 0.29) is 0 Å². The molecule has 86 valence electrons. The van der Waals surface area contributed by atoms with Gasteiger partial charge in [0.15, 0.2) is 0 Å². The first-order valence-electron chi connectivity index (χ1n) is 6.56. The number of likely N-dealkylation sites (tertiary alicyclic amines) is 1. The van der Waals surface area contributed by atoms with E-state index in [1.165, 1.54) is 57.3 Å². The molecule has 1 saturated carbocycles. The summed E-state index contributed by atoms with van der Waals surface area (Å²) in [5.74, 6) is 1.03. The van der Waals surface area contributed by atoms with E-state index in [1.807, 2.05) is 0 Å². The van der Waals surface area contributed by atoms with Crippen LogP contribution < -0.4 is 0 Å². The predicted molar refractivity (Wildman–Crippen MR) is 65.7 cm³/mol. The molecular formula is C14H25N. The van der Waals surface area contributed by atoms with Crippen LogP contribution in [0.2, 0.25) is 0 Å². The fourth-order valence-corrected chi connectivity index (χ4v) is 3.49. The van der Waals surface area contributed by atoms with E-state index in [0.717, 1.165) is 11.3 Å². The van der Waals surface area contributed by atoms with Crippen molar-refractivity contribution in [2.24, 2.45) is 11.3 Å². The van der Waals surface area contributed by atoms with Crippen molar-refractivity contribution < 1.29 is 0 Å². The van der Waals surface area contributed by atoms with Crippen molar-refractivity contribution >= 4 is 0 Å². The highest BCUT2D eigenvalue weighted by Gasteiger charge is 2.40. The molecular weight excluding hydrogens is 182 g/mol. The quantitative estimate of drug-likeness (QED) is 0.665.